The second-order valence-electron chi connectivity index (χ2n) is 4.70. The molecule has 5 nitrogen and oxygen atoms in total. The van der Waals surface area contributed by atoms with Gasteiger partial charge in [0.25, 0.3) is 0 Å². The van der Waals surface area contributed by atoms with Gasteiger partial charge >= 0.3 is 8.56 Å². The molecule has 0 bridgehead atoms. The third kappa shape index (κ3) is 4.90. The lowest BCUT2D eigenvalue weighted by atomic mass is 9.94. The van der Waals surface area contributed by atoms with Gasteiger partial charge in [0.1, 0.15) is 0 Å². The van der Waals surface area contributed by atoms with Crippen molar-refractivity contribution in [1.82, 2.24) is 0 Å². The molecule has 0 saturated heterocycles. The summed E-state index contributed by atoms with van der Waals surface area (Å²) in [6.07, 6.45) is 2.08. The smallest absolute Gasteiger partial charge is 0.351 e. The summed E-state index contributed by atoms with van der Waals surface area (Å²) in [5, 5.41) is 8.87. The molecule has 2 atom stereocenters. The lowest BCUT2D eigenvalue weighted by Gasteiger charge is -2.32. The first-order valence-electron chi connectivity index (χ1n) is 5.57. The van der Waals surface area contributed by atoms with Gasteiger partial charge in [0.05, 0.1) is 0 Å². The van der Waals surface area contributed by atoms with Crippen LogP contribution in [0.2, 0.25) is 6.55 Å². The first-order valence-corrected chi connectivity index (χ1v) is 7.96. The molecule has 0 saturated carbocycles. The van der Waals surface area contributed by atoms with Crippen LogP contribution in [0.25, 0.3) is 0 Å². The molecule has 0 aliphatic carbocycles. The van der Waals surface area contributed by atoms with Crippen LogP contribution in [0.4, 0.5) is 0 Å². The molecule has 0 heterocycles. The molecule has 0 aromatic carbocycles. The Kier molecular flexibility index (Phi) is 6.69. The number of aliphatic hydroxyl groups is 1. The van der Waals surface area contributed by atoms with Crippen molar-refractivity contribution in [3.05, 3.63) is 0 Å². The van der Waals surface area contributed by atoms with Gasteiger partial charge in [0.2, 0.25) is 0 Å². The molecule has 0 rings (SSSR count). The van der Waals surface area contributed by atoms with Crippen LogP contribution in [0, 0.1) is 0 Å². The summed E-state index contributed by atoms with van der Waals surface area (Å²) >= 11 is 0. The maximum atomic E-state index is 8.87. The molecule has 0 spiro atoms. The molecule has 0 aromatic heterocycles. The molecular weight excluding hydrogens is 224 g/mol. The van der Waals surface area contributed by atoms with Crippen molar-refractivity contribution in [1.29, 1.82) is 0 Å². The zero-order valence-corrected chi connectivity index (χ0v) is 11.8. The molecule has 0 aliphatic rings. The van der Waals surface area contributed by atoms with Crippen LogP contribution < -0.4 is 11.5 Å². The molecule has 0 amide bonds. The molecule has 2 unspecified atom stereocenters. The minimum Gasteiger partial charge on any atom is -0.397 e. The van der Waals surface area contributed by atoms with Crippen molar-refractivity contribution in [2.24, 2.45) is 11.5 Å². The minimum atomic E-state index is -2.26. The second-order valence-corrected chi connectivity index (χ2v) is 8.29. The van der Waals surface area contributed by atoms with E-state index in [0.29, 0.717) is 6.42 Å². The van der Waals surface area contributed by atoms with Gasteiger partial charge in [-0.05, 0) is 32.7 Å². The van der Waals surface area contributed by atoms with Crippen LogP contribution >= 0.6 is 0 Å². The van der Waals surface area contributed by atoms with Gasteiger partial charge in [0.15, 0.2) is 0 Å². The van der Waals surface area contributed by atoms with Crippen LogP contribution in [-0.2, 0) is 8.85 Å². The zero-order valence-electron chi connectivity index (χ0n) is 10.8. The largest absolute Gasteiger partial charge is 0.397 e. The van der Waals surface area contributed by atoms with Gasteiger partial charge in [-0.2, -0.15) is 0 Å². The zero-order chi connectivity index (χ0) is 12.8. The summed E-state index contributed by atoms with van der Waals surface area (Å²) in [6.45, 7) is 3.97. The minimum absolute atomic E-state index is 0.103. The fourth-order valence-electron chi connectivity index (χ4n) is 1.51. The van der Waals surface area contributed by atoms with E-state index >= 15 is 0 Å². The Morgan fingerprint density at radius 2 is 1.81 bits per heavy atom. The van der Waals surface area contributed by atoms with E-state index in [9.17, 15) is 0 Å². The van der Waals surface area contributed by atoms with Crippen LogP contribution in [0.15, 0.2) is 0 Å². The standard InChI is InChI=1S/C10H26N2O3Si/c1-10(12,7-8-13)6-5-9(11)16(4,14-2)15-3/h9,13H,5-8,11-12H2,1-4H3. The Labute approximate surface area is 99.4 Å². The van der Waals surface area contributed by atoms with E-state index in [1.807, 2.05) is 13.5 Å². The van der Waals surface area contributed by atoms with E-state index in [1.165, 1.54) is 0 Å². The summed E-state index contributed by atoms with van der Waals surface area (Å²) in [7, 11) is 0.996. The molecule has 0 aliphatic heterocycles. The van der Waals surface area contributed by atoms with Crippen LogP contribution in [0.1, 0.15) is 26.2 Å². The molecule has 0 aromatic rings. The monoisotopic (exact) mass is 250 g/mol. The maximum Gasteiger partial charge on any atom is 0.351 e. The van der Waals surface area contributed by atoms with Crippen molar-refractivity contribution < 1.29 is 14.0 Å². The summed E-state index contributed by atoms with van der Waals surface area (Å²) in [4.78, 5) is 0. The normalized spacial score (nSPS) is 18.2. The summed E-state index contributed by atoms with van der Waals surface area (Å²) in [5.74, 6) is 0. The summed E-state index contributed by atoms with van der Waals surface area (Å²) < 4.78 is 10.8. The lowest BCUT2D eigenvalue weighted by Crippen LogP contribution is -2.55. The molecular formula is C10H26N2O3Si. The van der Waals surface area contributed by atoms with Gasteiger partial charge < -0.3 is 25.4 Å². The number of aliphatic hydroxyl groups excluding tert-OH is 1. The number of hydrogen-bond donors (Lipinski definition) is 3. The Hall–Kier alpha value is 0.0169. The summed E-state index contributed by atoms with van der Waals surface area (Å²) in [5.41, 5.74) is 11.6. The first-order chi connectivity index (χ1) is 7.31. The van der Waals surface area contributed by atoms with Crippen molar-refractivity contribution in [2.45, 2.75) is 43.9 Å². The highest BCUT2D eigenvalue weighted by Crippen LogP contribution is 2.19. The van der Waals surface area contributed by atoms with Gasteiger partial charge in [-0.15, -0.1) is 0 Å². The molecule has 6 heteroatoms. The molecule has 98 valence electrons. The fourth-order valence-corrected chi connectivity index (χ4v) is 2.95. The highest BCUT2D eigenvalue weighted by Gasteiger charge is 2.37. The summed E-state index contributed by atoms with van der Waals surface area (Å²) in [6, 6.07) is 0. The van der Waals surface area contributed by atoms with Crippen molar-refractivity contribution in [3.8, 4) is 0 Å². The molecule has 0 radical (unpaired) electrons. The maximum absolute atomic E-state index is 8.87. The van der Waals surface area contributed by atoms with Gasteiger partial charge in [-0.1, -0.05) is 0 Å². The molecule has 0 fully saturated rings. The molecule has 16 heavy (non-hydrogen) atoms. The average Bonchev–Trinajstić information content (AvgIpc) is 2.24. The van der Waals surface area contributed by atoms with Crippen molar-refractivity contribution in [3.63, 3.8) is 0 Å². The second kappa shape index (κ2) is 6.68. The Morgan fingerprint density at radius 3 is 2.19 bits per heavy atom. The van der Waals surface area contributed by atoms with Gasteiger partial charge in [0, 0.05) is 32.0 Å². The van der Waals surface area contributed by atoms with E-state index in [1.54, 1.807) is 14.2 Å². The highest BCUT2D eigenvalue weighted by molar-refractivity contribution is 6.67. The molecule has 5 N–H and O–H groups in total. The topological polar surface area (TPSA) is 90.7 Å². The van der Waals surface area contributed by atoms with Gasteiger partial charge in [-0.3, -0.25) is 0 Å². The predicted octanol–water partition coefficient (Wildman–Crippen LogP) is 0.0977. The van der Waals surface area contributed by atoms with Crippen LogP contribution in [-0.4, -0.2) is 45.7 Å². The first kappa shape index (κ1) is 16.0. The Bertz CT molecular complexity index is 199. The van der Waals surface area contributed by atoms with E-state index in [-0.39, 0.29) is 17.8 Å². The van der Waals surface area contributed by atoms with Crippen LogP contribution in [0.3, 0.4) is 0 Å². The van der Waals surface area contributed by atoms with Crippen LogP contribution in [0.5, 0.6) is 0 Å². The Balaban J connectivity index is 4.20. The number of nitrogens with two attached hydrogens (primary N) is 2. The van der Waals surface area contributed by atoms with E-state index in [4.69, 9.17) is 25.4 Å². The lowest BCUT2D eigenvalue weighted by molar-refractivity contribution is 0.221. The highest BCUT2D eigenvalue weighted by atomic mass is 28.4. The number of rotatable bonds is 8. The van der Waals surface area contributed by atoms with Crippen molar-refractivity contribution in [2.75, 3.05) is 20.8 Å². The van der Waals surface area contributed by atoms with E-state index < -0.39 is 8.56 Å². The third-order valence-corrected chi connectivity index (χ3v) is 6.45. The van der Waals surface area contributed by atoms with E-state index in [2.05, 4.69) is 0 Å². The fraction of sp³-hybridized carbons (Fsp3) is 1.00. The third-order valence-electron chi connectivity index (χ3n) is 3.19. The Morgan fingerprint density at radius 1 is 1.31 bits per heavy atom. The number of hydrogen-bond acceptors (Lipinski definition) is 5. The van der Waals surface area contributed by atoms with E-state index in [0.717, 1.165) is 12.8 Å². The van der Waals surface area contributed by atoms with Crippen molar-refractivity contribution >= 4 is 8.56 Å². The van der Waals surface area contributed by atoms with Gasteiger partial charge in [-0.25, -0.2) is 0 Å². The average molecular weight is 250 g/mol. The predicted molar refractivity (Wildman–Crippen MR) is 67.1 cm³/mol. The SMILES string of the molecule is CO[Si](C)(OC)C(N)CCC(C)(N)CCO. The quantitative estimate of drug-likeness (QED) is 0.531.